The van der Waals surface area contributed by atoms with Crippen molar-refractivity contribution in [3.05, 3.63) is 0 Å². The van der Waals surface area contributed by atoms with Gasteiger partial charge in [-0.3, -0.25) is 9.59 Å². The molecule has 2 aliphatic rings. The number of hydrogen-bond donors (Lipinski definition) is 1. The zero-order chi connectivity index (χ0) is 10.2. The molecule has 2 fully saturated rings. The number of ketones is 1. The van der Waals surface area contributed by atoms with Gasteiger partial charge in [0.1, 0.15) is 0 Å². The molecule has 0 radical (unpaired) electrons. The average Bonchev–Trinajstić information content (AvgIpc) is 2.12. The van der Waals surface area contributed by atoms with Crippen LogP contribution >= 0.6 is 0 Å². The Kier molecular flexibility index (Phi) is 2.31. The number of amides is 1. The number of nitrogens with one attached hydrogen (secondary N) is 1. The normalized spacial score (nSPS) is 34.6. The first kappa shape index (κ1) is 9.65. The fourth-order valence-electron chi connectivity index (χ4n) is 2.58. The smallest absolute Gasteiger partial charge is 0.228 e. The molecule has 1 amide bonds. The van der Waals surface area contributed by atoms with E-state index in [1.165, 1.54) is 0 Å². The maximum absolute atomic E-state index is 11.8. The molecule has 2 aliphatic heterocycles. The zero-order valence-corrected chi connectivity index (χ0v) is 8.51. The molecule has 1 N–H and O–H groups in total. The number of nitrogens with zero attached hydrogens (tertiary/aromatic N) is 1. The van der Waals surface area contributed by atoms with Crippen LogP contribution in [0.4, 0.5) is 0 Å². The number of Topliss-reactive ketones (excluding diaryl/α,β-unsaturated/α-hetero) is 1. The highest BCUT2D eigenvalue weighted by atomic mass is 16.2. The van der Waals surface area contributed by atoms with Gasteiger partial charge >= 0.3 is 0 Å². The predicted octanol–water partition coefficient (Wildman–Crippen LogP) is -0.213. The second-order valence-electron chi connectivity index (χ2n) is 4.52. The Balaban J connectivity index is 2.18. The van der Waals surface area contributed by atoms with Gasteiger partial charge in [0.25, 0.3) is 0 Å². The quantitative estimate of drug-likeness (QED) is 0.583. The third-order valence-corrected chi connectivity index (χ3v) is 3.23. The van der Waals surface area contributed by atoms with Gasteiger partial charge in [-0.15, -0.1) is 0 Å². The van der Waals surface area contributed by atoms with Crippen LogP contribution in [0.2, 0.25) is 0 Å². The average molecular weight is 196 g/mol. The summed E-state index contributed by atoms with van der Waals surface area (Å²) in [6.45, 7) is 1.98. The third kappa shape index (κ3) is 1.54. The predicted molar refractivity (Wildman–Crippen MR) is 51.8 cm³/mol. The second kappa shape index (κ2) is 3.35. The van der Waals surface area contributed by atoms with Crippen molar-refractivity contribution in [1.82, 2.24) is 10.2 Å². The first-order valence-corrected chi connectivity index (χ1v) is 5.11. The molecular weight excluding hydrogens is 180 g/mol. The van der Waals surface area contributed by atoms with Crippen LogP contribution in [-0.4, -0.2) is 43.3 Å². The van der Waals surface area contributed by atoms with Crippen molar-refractivity contribution in [2.24, 2.45) is 5.41 Å². The van der Waals surface area contributed by atoms with E-state index in [-0.39, 0.29) is 18.2 Å². The fourth-order valence-corrected chi connectivity index (χ4v) is 2.58. The first-order valence-electron chi connectivity index (χ1n) is 5.11. The van der Waals surface area contributed by atoms with E-state index in [9.17, 15) is 9.59 Å². The van der Waals surface area contributed by atoms with E-state index in [1.54, 1.807) is 0 Å². The number of carbonyl (C=O) groups excluding carboxylic acids is 2. The summed E-state index contributed by atoms with van der Waals surface area (Å²) in [5, 5.41) is 2.70. The van der Waals surface area contributed by atoms with Crippen molar-refractivity contribution >= 4 is 11.7 Å². The Morgan fingerprint density at radius 2 is 2.21 bits per heavy atom. The lowest BCUT2D eigenvalue weighted by molar-refractivity contribution is -0.143. The van der Waals surface area contributed by atoms with Crippen molar-refractivity contribution in [3.8, 4) is 0 Å². The van der Waals surface area contributed by atoms with Gasteiger partial charge in [0.2, 0.25) is 5.91 Å². The molecule has 1 unspecified atom stereocenters. The van der Waals surface area contributed by atoms with Crippen molar-refractivity contribution in [1.29, 1.82) is 0 Å². The standard InChI is InChI=1S/C10H16N2O2/c1-12-4-2-3-10(7-12)5-8(13)6-11-9(10)14/h2-7H2,1H3,(H,11,14). The van der Waals surface area contributed by atoms with E-state index in [2.05, 4.69) is 10.2 Å². The van der Waals surface area contributed by atoms with E-state index in [4.69, 9.17) is 0 Å². The van der Waals surface area contributed by atoms with Crippen LogP contribution in [0.25, 0.3) is 0 Å². The van der Waals surface area contributed by atoms with Gasteiger partial charge in [0.15, 0.2) is 5.78 Å². The monoisotopic (exact) mass is 196 g/mol. The summed E-state index contributed by atoms with van der Waals surface area (Å²) >= 11 is 0. The molecule has 0 aliphatic carbocycles. The Morgan fingerprint density at radius 3 is 2.93 bits per heavy atom. The number of hydrogen-bond acceptors (Lipinski definition) is 3. The number of likely N-dealkylation sites (tertiary alicyclic amines) is 1. The van der Waals surface area contributed by atoms with Crippen LogP contribution in [0.3, 0.4) is 0 Å². The molecule has 2 saturated heterocycles. The highest BCUT2D eigenvalue weighted by molar-refractivity contribution is 5.97. The summed E-state index contributed by atoms with van der Waals surface area (Å²) in [5.74, 6) is 0.239. The Hall–Kier alpha value is -0.900. The molecular formula is C10H16N2O2. The van der Waals surface area contributed by atoms with Gasteiger partial charge in [0, 0.05) is 13.0 Å². The van der Waals surface area contributed by atoms with Gasteiger partial charge in [-0.25, -0.2) is 0 Å². The molecule has 0 bridgehead atoms. The maximum Gasteiger partial charge on any atom is 0.228 e. The largest absolute Gasteiger partial charge is 0.348 e. The third-order valence-electron chi connectivity index (χ3n) is 3.23. The van der Waals surface area contributed by atoms with Crippen molar-refractivity contribution in [3.63, 3.8) is 0 Å². The molecule has 0 saturated carbocycles. The van der Waals surface area contributed by atoms with E-state index in [0.717, 1.165) is 25.9 Å². The second-order valence-corrected chi connectivity index (χ2v) is 4.52. The zero-order valence-electron chi connectivity index (χ0n) is 8.51. The van der Waals surface area contributed by atoms with Gasteiger partial charge in [0.05, 0.1) is 12.0 Å². The number of carbonyl (C=O) groups is 2. The van der Waals surface area contributed by atoms with E-state index in [0.29, 0.717) is 6.42 Å². The Bertz CT molecular complexity index is 277. The molecule has 2 rings (SSSR count). The highest BCUT2D eigenvalue weighted by Crippen LogP contribution is 2.35. The molecule has 2 heterocycles. The van der Waals surface area contributed by atoms with E-state index < -0.39 is 5.41 Å². The van der Waals surface area contributed by atoms with Crippen LogP contribution in [0.15, 0.2) is 0 Å². The van der Waals surface area contributed by atoms with Gasteiger partial charge in [-0.1, -0.05) is 0 Å². The lowest BCUT2D eigenvalue weighted by atomic mass is 9.73. The molecule has 4 heteroatoms. The fraction of sp³-hybridized carbons (Fsp3) is 0.800. The van der Waals surface area contributed by atoms with Crippen molar-refractivity contribution < 1.29 is 9.59 Å². The number of rotatable bonds is 0. The summed E-state index contributed by atoms with van der Waals surface area (Å²) in [7, 11) is 2.01. The van der Waals surface area contributed by atoms with E-state index >= 15 is 0 Å². The molecule has 78 valence electrons. The molecule has 1 atom stereocenters. The van der Waals surface area contributed by atoms with Crippen molar-refractivity contribution in [2.75, 3.05) is 26.7 Å². The molecule has 14 heavy (non-hydrogen) atoms. The SMILES string of the molecule is CN1CCCC2(CC(=O)CNC2=O)C1. The van der Waals surface area contributed by atoms with Gasteiger partial charge < -0.3 is 10.2 Å². The molecule has 4 nitrogen and oxygen atoms in total. The summed E-state index contributed by atoms with van der Waals surface area (Å²) in [5.41, 5.74) is -0.414. The Morgan fingerprint density at radius 1 is 1.43 bits per heavy atom. The molecule has 0 aromatic carbocycles. The van der Waals surface area contributed by atoms with Crippen LogP contribution in [0, 0.1) is 5.41 Å². The minimum atomic E-state index is -0.414. The Labute approximate surface area is 83.6 Å². The summed E-state index contributed by atoms with van der Waals surface area (Å²) in [4.78, 5) is 25.3. The first-order chi connectivity index (χ1) is 6.62. The highest BCUT2D eigenvalue weighted by Gasteiger charge is 2.45. The lowest BCUT2D eigenvalue weighted by Crippen LogP contribution is -2.56. The van der Waals surface area contributed by atoms with Gasteiger partial charge in [-0.05, 0) is 26.4 Å². The summed E-state index contributed by atoms with van der Waals surface area (Å²) in [6.07, 6.45) is 2.30. The molecule has 0 aromatic rings. The van der Waals surface area contributed by atoms with Crippen LogP contribution in [-0.2, 0) is 9.59 Å². The minimum Gasteiger partial charge on any atom is -0.348 e. The molecule has 0 aromatic heterocycles. The van der Waals surface area contributed by atoms with Gasteiger partial charge in [-0.2, -0.15) is 0 Å². The van der Waals surface area contributed by atoms with Crippen molar-refractivity contribution in [2.45, 2.75) is 19.3 Å². The topological polar surface area (TPSA) is 49.4 Å². The lowest BCUT2D eigenvalue weighted by Gasteiger charge is -2.41. The summed E-state index contributed by atoms with van der Waals surface area (Å²) in [6, 6.07) is 0. The number of piperidine rings is 2. The molecule has 1 spiro atoms. The van der Waals surface area contributed by atoms with E-state index in [1.807, 2.05) is 7.05 Å². The summed E-state index contributed by atoms with van der Waals surface area (Å²) < 4.78 is 0. The minimum absolute atomic E-state index is 0.0728. The van der Waals surface area contributed by atoms with Crippen LogP contribution in [0.1, 0.15) is 19.3 Å². The van der Waals surface area contributed by atoms with Crippen LogP contribution in [0.5, 0.6) is 0 Å². The van der Waals surface area contributed by atoms with Crippen LogP contribution < -0.4 is 5.32 Å². The maximum atomic E-state index is 11.8.